The van der Waals surface area contributed by atoms with Crippen molar-refractivity contribution in [2.24, 2.45) is 0 Å². The van der Waals surface area contributed by atoms with Crippen LogP contribution in [0.4, 0.5) is 17.3 Å². The lowest BCUT2D eigenvalue weighted by atomic mass is 10.1. The lowest BCUT2D eigenvalue weighted by Gasteiger charge is -2.31. The monoisotopic (exact) mass is 501 g/mol. The number of fused-ring (bicyclic) bond motifs is 1. The molecule has 0 bridgehead atoms. The standard InChI is InChI=1S/C27H32N8O2/c1-5-13-34-25(36)21-18-28-26(29-19-9-11-20(12-10-19)33-16-14-32(4)15-17-33)31-24(21)35(34)23-8-6-7-22(30-23)27(2,3)37/h5-12,18,37H,1,13-17H2,2-4H3,(H,28,29,31)/p+1. The molecule has 0 aliphatic carbocycles. The number of anilines is 3. The number of benzene rings is 1. The van der Waals surface area contributed by atoms with Crippen molar-refractivity contribution in [3.8, 4) is 5.82 Å². The summed E-state index contributed by atoms with van der Waals surface area (Å²) in [6.07, 6.45) is 3.18. The van der Waals surface area contributed by atoms with Crippen LogP contribution in [0.15, 0.2) is 66.1 Å². The van der Waals surface area contributed by atoms with Crippen LogP contribution >= 0.6 is 0 Å². The van der Waals surface area contributed by atoms with Gasteiger partial charge >= 0.3 is 0 Å². The highest BCUT2D eigenvalue weighted by molar-refractivity contribution is 5.77. The number of rotatable bonds is 7. The van der Waals surface area contributed by atoms with Crippen LogP contribution in [-0.2, 0) is 12.1 Å². The molecule has 0 spiro atoms. The molecule has 0 atom stereocenters. The summed E-state index contributed by atoms with van der Waals surface area (Å²) in [5, 5.41) is 14.1. The highest BCUT2D eigenvalue weighted by Crippen LogP contribution is 2.23. The normalized spacial score (nSPS) is 14.8. The Kier molecular flexibility index (Phi) is 6.53. The van der Waals surface area contributed by atoms with Gasteiger partial charge in [-0.05, 0) is 50.2 Å². The van der Waals surface area contributed by atoms with Gasteiger partial charge in [-0.25, -0.2) is 19.3 Å². The van der Waals surface area contributed by atoms with E-state index in [0.29, 0.717) is 28.5 Å². The predicted molar refractivity (Wildman–Crippen MR) is 145 cm³/mol. The largest absolute Gasteiger partial charge is 0.384 e. The van der Waals surface area contributed by atoms with Crippen LogP contribution < -0.4 is 20.7 Å². The maximum absolute atomic E-state index is 13.2. The lowest BCUT2D eigenvalue weighted by Crippen LogP contribution is -3.12. The first-order valence-electron chi connectivity index (χ1n) is 12.5. The highest BCUT2D eigenvalue weighted by atomic mass is 16.3. The second-order valence-electron chi connectivity index (χ2n) is 9.97. The van der Waals surface area contributed by atoms with E-state index in [1.807, 2.05) is 12.1 Å². The van der Waals surface area contributed by atoms with Crippen LogP contribution in [-0.4, -0.2) is 62.6 Å². The third-order valence-electron chi connectivity index (χ3n) is 6.66. The van der Waals surface area contributed by atoms with Crippen LogP contribution in [0.25, 0.3) is 16.9 Å². The molecule has 1 aliphatic heterocycles. The Bertz CT molecular complexity index is 1480. The molecule has 0 saturated carbocycles. The van der Waals surface area contributed by atoms with Crippen molar-refractivity contribution < 1.29 is 10.0 Å². The number of likely N-dealkylation sites (N-methyl/N-ethyl adjacent to an activating group) is 1. The van der Waals surface area contributed by atoms with Crippen LogP contribution in [0.2, 0.25) is 0 Å². The Morgan fingerprint density at radius 1 is 1.14 bits per heavy atom. The van der Waals surface area contributed by atoms with E-state index >= 15 is 0 Å². The number of pyridine rings is 1. The molecular formula is C27H33N8O2+. The van der Waals surface area contributed by atoms with E-state index in [1.165, 1.54) is 16.6 Å². The second kappa shape index (κ2) is 9.79. The van der Waals surface area contributed by atoms with E-state index < -0.39 is 5.60 Å². The highest BCUT2D eigenvalue weighted by Gasteiger charge is 2.22. The molecule has 5 rings (SSSR count). The summed E-state index contributed by atoms with van der Waals surface area (Å²) < 4.78 is 3.17. The molecule has 192 valence electrons. The van der Waals surface area contributed by atoms with Gasteiger partial charge in [-0.3, -0.25) is 4.79 Å². The van der Waals surface area contributed by atoms with Gasteiger partial charge in [0.2, 0.25) is 5.95 Å². The summed E-state index contributed by atoms with van der Waals surface area (Å²) in [7, 11) is 2.23. The number of aromatic nitrogens is 5. The van der Waals surface area contributed by atoms with Crippen molar-refractivity contribution in [2.75, 3.05) is 43.4 Å². The van der Waals surface area contributed by atoms with Gasteiger partial charge in [0.05, 0.1) is 45.5 Å². The number of nitrogens with one attached hydrogen (secondary N) is 2. The van der Waals surface area contributed by atoms with Crippen molar-refractivity contribution in [1.82, 2.24) is 24.3 Å². The van der Waals surface area contributed by atoms with E-state index in [4.69, 9.17) is 4.98 Å². The number of hydrogen-bond donors (Lipinski definition) is 3. The smallest absolute Gasteiger partial charge is 0.278 e. The number of nitrogens with zero attached hydrogens (tertiary/aromatic N) is 6. The summed E-state index contributed by atoms with van der Waals surface area (Å²) in [6.45, 7) is 11.7. The second-order valence-corrected chi connectivity index (χ2v) is 9.97. The third kappa shape index (κ3) is 4.98. The van der Waals surface area contributed by atoms with Crippen molar-refractivity contribution >= 4 is 28.4 Å². The zero-order valence-corrected chi connectivity index (χ0v) is 21.5. The molecule has 0 unspecified atom stereocenters. The molecule has 1 aliphatic rings. The van der Waals surface area contributed by atoms with Crippen molar-refractivity contribution in [3.63, 3.8) is 0 Å². The number of allylic oxidation sites excluding steroid dienone is 1. The lowest BCUT2D eigenvalue weighted by molar-refractivity contribution is -0.880. The van der Waals surface area contributed by atoms with Crippen LogP contribution in [0.5, 0.6) is 0 Å². The van der Waals surface area contributed by atoms with E-state index in [2.05, 4.69) is 45.9 Å². The van der Waals surface area contributed by atoms with Crippen LogP contribution in [0.1, 0.15) is 19.5 Å². The zero-order chi connectivity index (χ0) is 26.2. The molecule has 10 heteroatoms. The SMILES string of the molecule is C=CCn1c(=O)c2cnc(Nc3ccc(N4CC[NH+](C)CC4)cc3)nc2n1-c1cccc(C(C)(C)O)n1. The maximum atomic E-state index is 13.2. The molecule has 4 aromatic rings. The Balaban J connectivity index is 1.50. The fourth-order valence-corrected chi connectivity index (χ4v) is 4.52. The first kappa shape index (κ1) is 24.7. The first-order chi connectivity index (χ1) is 17.7. The van der Waals surface area contributed by atoms with E-state index in [9.17, 15) is 9.90 Å². The minimum absolute atomic E-state index is 0.240. The Morgan fingerprint density at radius 3 is 2.54 bits per heavy atom. The topological polar surface area (TPSA) is 106 Å². The Hall–Kier alpha value is -4.02. The number of aliphatic hydroxyl groups is 1. The predicted octanol–water partition coefficient (Wildman–Crippen LogP) is 1.47. The molecule has 4 heterocycles. The number of quaternary nitrogens is 1. The summed E-state index contributed by atoms with van der Waals surface area (Å²) in [4.78, 5) is 30.9. The molecule has 3 aromatic heterocycles. The quantitative estimate of drug-likeness (QED) is 0.329. The molecule has 3 N–H and O–H groups in total. The van der Waals surface area contributed by atoms with Gasteiger partial charge in [-0.2, -0.15) is 4.98 Å². The van der Waals surface area contributed by atoms with Gasteiger partial charge in [0.1, 0.15) is 11.0 Å². The number of piperazine rings is 1. The average molecular weight is 502 g/mol. The summed E-state index contributed by atoms with van der Waals surface area (Å²) in [6, 6.07) is 13.6. The summed E-state index contributed by atoms with van der Waals surface area (Å²) in [5.74, 6) is 0.836. The molecule has 0 radical (unpaired) electrons. The molecule has 1 fully saturated rings. The van der Waals surface area contributed by atoms with Crippen molar-refractivity contribution in [2.45, 2.75) is 26.0 Å². The molecule has 1 aromatic carbocycles. The minimum atomic E-state index is -1.14. The van der Waals surface area contributed by atoms with E-state index in [0.717, 1.165) is 31.9 Å². The van der Waals surface area contributed by atoms with Gasteiger partial charge < -0.3 is 20.2 Å². The first-order valence-corrected chi connectivity index (χ1v) is 12.5. The zero-order valence-electron chi connectivity index (χ0n) is 21.5. The summed E-state index contributed by atoms with van der Waals surface area (Å²) >= 11 is 0. The third-order valence-corrected chi connectivity index (χ3v) is 6.66. The Morgan fingerprint density at radius 2 is 1.86 bits per heavy atom. The average Bonchev–Trinajstić information content (AvgIpc) is 3.15. The van der Waals surface area contributed by atoms with Gasteiger partial charge in [-0.15, -0.1) is 6.58 Å². The fraction of sp³-hybridized carbons (Fsp3) is 0.333. The Labute approximate surface area is 215 Å². The minimum Gasteiger partial charge on any atom is -0.384 e. The maximum Gasteiger partial charge on any atom is 0.278 e. The summed E-state index contributed by atoms with van der Waals surface area (Å²) in [5.41, 5.74) is 1.57. The molecule has 1 saturated heterocycles. The van der Waals surface area contributed by atoms with Crippen LogP contribution in [0, 0.1) is 0 Å². The van der Waals surface area contributed by atoms with Gasteiger partial charge in [0.15, 0.2) is 11.5 Å². The van der Waals surface area contributed by atoms with Crippen molar-refractivity contribution in [3.05, 3.63) is 77.4 Å². The molecule has 10 nitrogen and oxygen atoms in total. The van der Waals surface area contributed by atoms with Gasteiger partial charge in [0.25, 0.3) is 5.56 Å². The molecule has 0 amide bonds. The van der Waals surface area contributed by atoms with Gasteiger partial charge in [-0.1, -0.05) is 12.1 Å². The fourth-order valence-electron chi connectivity index (χ4n) is 4.52. The van der Waals surface area contributed by atoms with E-state index in [-0.39, 0.29) is 12.1 Å². The van der Waals surface area contributed by atoms with Crippen LogP contribution in [0.3, 0.4) is 0 Å². The van der Waals surface area contributed by atoms with Gasteiger partial charge in [0, 0.05) is 17.6 Å². The number of hydrogen-bond acceptors (Lipinski definition) is 7. The molecule has 37 heavy (non-hydrogen) atoms. The van der Waals surface area contributed by atoms with E-state index in [1.54, 1.807) is 47.7 Å². The van der Waals surface area contributed by atoms with Crippen molar-refractivity contribution in [1.29, 1.82) is 0 Å². The molecular weight excluding hydrogens is 468 g/mol.